The summed E-state index contributed by atoms with van der Waals surface area (Å²) in [5.74, 6) is -0.638. The van der Waals surface area contributed by atoms with Crippen molar-refractivity contribution < 1.29 is 19.7 Å². The molecule has 12 heteroatoms. The van der Waals surface area contributed by atoms with E-state index >= 15 is 0 Å². The highest BCUT2D eigenvalue weighted by Gasteiger charge is 2.55. The van der Waals surface area contributed by atoms with Gasteiger partial charge in [-0.2, -0.15) is 5.10 Å². The number of H-pyrrole nitrogens is 1. The van der Waals surface area contributed by atoms with Gasteiger partial charge in [0.25, 0.3) is 5.56 Å². The number of nitrogens with zero attached hydrogens (tertiary/aromatic N) is 5. The number of para-hydroxylation sites is 1. The van der Waals surface area contributed by atoms with Crippen LogP contribution in [0.3, 0.4) is 0 Å². The second kappa shape index (κ2) is 9.85. The van der Waals surface area contributed by atoms with Gasteiger partial charge in [-0.15, -0.1) is 0 Å². The highest BCUT2D eigenvalue weighted by molar-refractivity contribution is 6.14. The maximum atomic E-state index is 14.5. The van der Waals surface area contributed by atoms with E-state index in [0.29, 0.717) is 22.5 Å². The summed E-state index contributed by atoms with van der Waals surface area (Å²) in [6.45, 7) is 5.03. The molecule has 0 amide bonds. The van der Waals surface area contributed by atoms with E-state index in [1.165, 1.54) is 23.6 Å². The molecule has 0 radical (unpaired) electrons. The van der Waals surface area contributed by atoms with E-state index in [0.717, 1.165) is 5.69 Å². The van der Waals surface area contributed by atoms with Gasteiger partial charge in [0.2, 0.25) is 0 Å². The molecule has 0 bridgehead atoms. The second-order valence-corrected chi connectivity index (χ2v) is 11.8. The van der Waals surface area contributed by atoms with Crippen LogP contribution in [-0.2, 0) is 12.0 Å². The van der Waals surface area contributed by atoms with Gasteiger partial charge in [-0.1, -0.05) is 24.3 Å². The highest BCUT2D eigenvalue weighted by atomic mass is 16.5. The van der Waals surface area contributed by atoms with E-state index in [1.807, 2.05) is 30.3 Å². The molecule has 3 N–H and O–H groups in total. The molecular weight excluding hydrogens is 600 g/mol. The SMILES string of the molecule is Cc1nn(-c2ccccc2)c2c1C(=O)C1(C)C(=C2)Oc2c(-c3ccc4c(=O)[nH]c(=O)n(Cc5cccnc5)c4n3)c(O)c(C)c(O)c21. The fourth-order valence-corrected chi connectivity index (χ4v) is 6.58. The molecule has 6 aromatic rings. The van der Waals surface area contributed by atoms with Crippen LogP contribution in [0.25, 0.3) is 34.1 Å². The van der Waals surface area contributed by atoms with Crippen molar-refractivity contribution >= 4 is 22.9 Å². The number of benzene rings is 2. The van der Waals surface area contributed by atoms with Gasteiger partial charge in [0.15, 0.2) is 11.4 Å². The van der Waals surface area contributed by atoms with E-state index in [2.05, 4.69) is 15.1 Å². The molecule has 1 atom stereocenters. The Bertz CT molecular complexity index is 2480. The number of aromatic hydroxyl groups is 2. The molecule has 12 nitrogen and oxygen atoms in total. The number of phenols is 2. The number of pyridine rings is 2. The van der Waals surface area contributed by atoms with E-state index in [9.17, 15) is 24.6 Å². The number of fused-ring (bicyclic) bond motifs is 5. The Morgan fingerprint density at radius 2 is 1.74 bits per heavy atom. The van der Waals surface area contributed by atoms with Gasteiger partial charge in [0, 0.05) is 24.0 Å². The summed E-state index contributed by atoms with van der Waals surface area (Å²) in [5, 5.41) is 27.8. The minimum Gasteiger partial charge on any atom is -0.507 e. The number of allylic oxidation sites excluding steroid dienone is 1. The van der Waals surface area contributed by atoms with Crippen molar-refractivity contribution in [2.75, 3.05) is 0 Å². The van der Waals surface area contributed by atoms with E-state index in [-0.39, 0.29) is 68.8 Å². The van der Waals surface area contributed by atoms with Crippen molar-refractivity contribution in [2.45, 2.75) is 32.7 Å². The van der Waals surface area contributed by atoms with Crippen molar-refractivity contribution in [3.05, 3.63) is 127 Å². The van der Waals surface area contributed by atoms with Gasteiger partial charge in [0.1, 0.15) is 28.4 Å². The number of carbonyl (C=O) groups excluding carboxylic acids is 1. The number of aromatic nitrogens is 6. The minimum atomic E-state index is -1.45. The Morgan fingerprint density at radius 1 is 0.957 bits per heavy atom. The molecular formula is C35H26N6O6. The third-order valence-corrected chi connectivity index (χ3v) is 9.05. The van der Waals surface area contributed by atoms with Crippen LogP contribution in [-0.4, -0.2) is 45.3 Å². The number of ether oxygens (including phenoxy) is 1. The Hall–Kier alpha value is -6.30. The molecule has 0 saturated heterocycles. The maximum Gasteiger partial charge on any atom is 0.330 e. The van der Waals surface area contributed by atoms with Crippen LogP contribution in [0.1, 0.15) is 45.4 Å². The van der Waals surface area contributed by atoms with Crippen molar-refractivity contribution in [1.29, 1.82) is 0 Å². The zero-order chi connectivity index (χ0) is 32.8. The maximum absolute atomic E-state index is 14.5. The number of nitrogens with one attached hydrogen (secondary N) is 1. The molecule has 8 rings (SSSR count). The van der Waals surface area contributed by atoms with Gasteiger partial charge >= 0.3 is 5.69 Å². The molecule has 2 aromatic carbocycles. The van der Waals surface area contributed by atoms with Gasteiger partial charge in [0.05, 0.1) is 51.4 Å². The second-order valence-electron chi connectivity index (χ2n) is 11.8. The van der Waals surface area contributed by atoms with Crippen LogP contribution >= 0.6 is 0 Å². The fraction of sp³-hybridized carbons (Fsp3) is 0.143. The monoisotopic (exact) mass is 626 g/mol. The lowest BCUT2D eigenvalue weighted by Crippen LogP contribution is -2.36. The number of carbonyl (C=O) groups is 1. The molecule has 232 valence electrons. The third kappa shape index (κ3) is 3.87. The average Bonchev–Trinajstić information content (AvgIpc) is 3.56. The van der Waals surface area contributed by atoms with Gasteiger partial charge in [-0.05, 0) is 56.7 Å². The van der Waals surface area contributed by atoms with Crippen LogP contribution in [0, 0.1) is 13.8 Å². The fourth-order valence-electron chi connectivity index (χ4n) is 6.58. The Morgan fingerprint density at radius 3 is 2.49 bits per heavy atom. The number of phenolic OH excluding ortho intramolecular Hbond substituents is 2. The van der Waals surface area contributed by atoms with Crippen molar-refractivity contribution in [1.82, 2.24) is 29.3 Å². The molecule has 1 unspecified atom stereocenters. The number of ketones is 1. The molecule has 0 spiro atoms. The molecule has 2 aliphatic rings. The first-order valence-corrected chi connectivity index (χ1v) is 14.8. The number of aryl methyl sites for hydroxylation is 1. The normalized spacial score (nSPS) is 16.4. The van der Waals surface area contributed by atoms with Crippen molar-refractivity contribution in [3.63, 3.8) is 0 Å². The Kier molecular flexibility index (Phi) is 5.91. The quantitative estimate of drug-likeness (QED) is 0.259. The van der Waals surface area contributed by atoms with Gasteiger partial charge in [-0.25, -0.2) is 14.5 Å². The first kappa shape index (κ1) is 28.2. The zero-order valence-corrected chi connectivity index (χ0v) is 25.4. The summed E-state index contributed by atoms with van der Waals surface area (Å²) < 4.78 is 9.41. The first-order valence-electron chi connectivity index (χ1n) is 14.8. The van der Waals surface area contributed by atoms with Crippen molar-refractivity contribution in [2.24, 2.45) is 0 Å². The first-order chi connectivity index (χ1) is 22.6. The molecule has 47 heavy (non-hydrogen) atoms. The summed E-state index contributed by atoms with van der Waals surface area (Å²) in [7, 11) is 0. The third-order valence-electron chi connectivity index (χ3n) is 9.05. The lowest BCUT2D eigenvalue weighted by Gasteiger charge is -2.27. The smallest absolute Gasteiger partial charge is 0.330 e. The number of aromatic amines is 1. The number of Topliss-reactive ketones (excluding diaryl/α,β-unsaturated/α-hetero) is 1. The Labute approximate surface area is 265 Å². The standard InChI is InChI=1S/C35H26N6O6/c1-17-28(42)26(22-12-11-21-32(37-22)40(34(46)38-33(21)45)16-19-8-7-13-36-15-19)30-27(29(17)43)35(3)24(47-30)14-23-25(31(35)44)18(2)39-41(23)20-9-5-4-6-10-20/h4-15,42-43H,16H2,1-3H3,(H,38,45,46). The van der Waals surface area contributed by atoms with Crippen LogP contribution in [0.2, 0.25) is 0 Å². The lowest BCUT2D eigenvalue weighted by molar-refractivity contribution is 0.0905. The van der Waals surface area contributed by atoms with E-state index < -0.39 is 16.7 Å². The van der Waals surface area contributed by atoms with Crippen LogP contribution in [0.15, 0.2) is 82.3 Å². The molecule has 4 aromatic heterocycles. The Balaban J connectivity index is 1.35. The summed E-state index contributed by atoms with van der Waals surface area (Å²) >= 11 is 0. The number of hydrogen-bond acceptors (Lipinski definition) is 9. The van der Waals surface area contributed by atoms with Crippen LogP contribution in [0.4, 0.5) is 0 Å². The molecule has 1 aliphatic heterocycles. The molecule has 1 aliphatic carbocycles. The molecule has 0 saturated carbocycles. The van der Waals surface area contributed by atoms with Gasteiger partial charge in [-0.3, -0.25) is 24.1 Å². The number of hydrogen-bond donors (Lipinski definition) is 3. The number of rotatable bonds is 4. The minimum absolute atomic E-state index is 0.0487. The highest BCUT2D eigenvalue weighted by Crippen LogP contribution is 2.60. The average molecular weight is 627 g/mol. The van der Waals surface area contributed by atoms with Crippen LogP contribution < -0.4 is 16.0 Å². The molecule has 5 heterocycles. The van der Waals surface area contributed by atoms with Crippen molar-refractivity contribution in [3.8, 4) is 34.2 Å². The van der Waals surface area contributed by atoms with Crippen LogP contribution in [0.5, 0.6) is 17.2 Å². The summed E-state index contributed by atoms with van der Waals surface area (Å²) in [6.07, 6.45) is 4.95. The molecule has 0 fully saturated rings. The summed E-state index contributed by atoms with van der Waals surface area (Å²) in [5.41, 5.74) is 0.791. The van der Waals surface area contributed by atoms with E-state index in [1.54, 1.807) is 49.1 Å². The summed E-state index contributed by atoms with van der Waals surface area (Å²) in [4.78, 5) is 51.5. The lowest BCUT2D eigenvalue weighted by atomic mass is 9.71. The predicted molar refractivity (Wildman–Crippen MR) is 172 cm³/mol. The summed E-state index contributed by atoms with van der Waals surface area (Å²) in [6, 6.07) is 15.9. The topological polar surface area (TPSA) is 165 Å². The van der Waals surface area contributed by atoms with Gasteiger partial charge < -0.3 is 14.9 Å². The largest absolute Gasteiger partial charge is 0.507 e. The zero-order valence-electron chi connectivity index (χ0n) is 25.4. The van der Waals surface area contributed by atoms with E-state index in [4.69, 9.17) is 9.72 Å². The predicted octanol–water partition coefficient (Wildman–Crippen LogP) is 4.30.